The lowest BCUT2D eigenvalue weighted by molar-refractivity contribution is 0.0687. The van der Waals surface area contributed by atoms with Gasteiger partial charge in [-0.25, -0.2) is 22.6 Å². The lowest BCUT2D eigenvalue weighted by Crippen LogP contribution is -2.23. The first-order valence-corrected chi connectivity index (χ1v) is 9.29. The van der Waals surface area contributed by atoms with E-state index in [2.05, 4.69) is 9.82 Å². The number of benzene rings is 2. The van der Waals surface area contributed by atoms with Gasteiger partial charge < -0.3 is 5.11 Å². The molecule has 0 bridgehead atoms. The third-order valence-corrected chi connectivity index (χ3v) is 5.14. The van der Waals surface area contributed by atoms with Crippen molar-refractivity contribution in [2.75, 3.05) is 0 Å². The van der Waals surface area contributed by atoms with Crippen LogP contribution in [0.4, 0.5) is 0 Å². The summed E-state index contributed by atoms with van der Waals surface area (Å²) < 4.78 is 28.5. The Morgan fingerprint density at radius 2 is 1.85 bits per heavy atom. The Morgan fingerprint density at radius 3 is 2.54 bits per heavy atom. The van der Waals surface area contributed by atoms with Crippen molar-refractivity contribution in [3.05, 3.63) is 77.6 Å². The van der Waals surface area contributed by atoms with Crippen molar-refractivity contribution in [2.24, 2.45) is 0 Å². The van der Waals surface area contributed by atoms with Gasteiger partial charge >= 0.3 is 5.97 Å². The monoisotopic (exact) mass is 371 g/mol. The molecule has 2 N–H and O–H groups in total. The third-order valence-electron chi connectivity index (χ3n) is 3.73. The standard InChI is InChI=1S/C18H17N3O4S/c1-13-10-17(18(22)23)21(20-13)15-7-5-6-14(11-15)12-19-26(24,25)16-8-3-2-4-9-16/h2-11,19H,12H2,1H3,(H,22,23). The van der Waals surface area contributed by atoms with Crippen LogP contribution in [0.1, 0.15) is 21.7 Å². The van der Waals surface area contributed by atoms with Crippen LogP contribution in [0.5, 0.6) is 0 Å². The maximum Gasteiger partial charge on any atom is 0.354 e. The van der Waals surface area contributed by atoms with Crippen LogP contribution in [0.15, 0.2) is 65.6 Å². The second kappa shape index (κ2) is 7.11. The van der Waals surface area contributed by atoms with Gasteiger partial charge in [0.25, 0.3) is 0 Å². The Kier molecular flexibility index (Phi) is 4.88. The van der Waals surface area contributed by atoms with E-state index in [1.165, 1.54) is 22.9 Å². The summed E-state index contributed by atoms with van der Waals surface area (Å²) >= 11 is 0. The molecule has 3 aromatic rings. The fraction of sp³-hybridized carbons (Fsp3) is 0.111. The van der Waals surface area contributed by atoms with E-state index in [1.54, 1.807) is 49.4 Å². The van der Waals surface area contributed by atoms with Crippen molar-refractivity contribution in [3.63, 3.8) is 0 Å². The average molecular weight is 371 g/mol. The summed E-state index contributed by atoms with van der Waals surface area (Å²) in [6.45, 7) is 1.79. The molecule has 134 valence electrons. The minimum Gasteiger partial charge on any atom is -0.477 e. The number of aryl methyl sites for hydroxylation is 1. The number of carboxylic acid groups (broad SMARTS) is 1. The SMILES string of the molecule is Cc1cc(C(=O)O)n(-c2cccc(CNS(=O)(=O)c3ccccc3)c2)n1. The van der Waals surface area contributed by atoms with Crippen molar-refractivity contribution < 1.29 is 18.3 Å². The first kappa shape index (κ1) is 17.8. The number of rotatable bonds is 6. The van der Waals surface area contributed by atoms with Gasteiger partial charge in [-0.05, 0) is 42.8 Å². The molecule has 0 amide bonds. The van der Waals surface area contributed by atoms with Gasteiger partial charge in [-0.2, -0.15) is 5.10 Å². The van der Waals surface area contributed by atoms with Crippen LogP contribution < -0.4 is 4.72 Å². The van der Waals surface area contributed by atoms with E-state index < -0.39 is 16.0 Å². The van der Waals surface area contributed by atoms with Crippen LogP contribution in [0.25, 0.3) is 5.69 Å². The molecular weight excluding hydrogens is 354 g/mol. The molecule has 8 heteroatoms. The Bertz CT molecular complexity index is 1040. The number of hydrogen-bond donors (Lipinski definition) is 2. The highest BCUT2D eigenvalue weighted by molar-refractivity contribution is 7.89. The quantitative estimate of drug-likeness (QED) is 0.693. The predicted molar refractivity (Wildman–Crippen MR) is 95.7 cm³/mol. The molecule has 0 spiro atoms. The number of nitrogens with one attached hydrogen (secondary N) is 1. The highest BCUT2D eigenvalue weighted by atomic mass is 32.2. The van der Waals surface area contributed by atoms with Crippen molar-refractivity contribution in [3.8, 4) is 5.69 Å². The van der Waals surface area contributed by atoms with E-state index >= 15 is 0 Å². The predicted octanol–water partition coefficient (Wildman–Crippen LogP) is 2.36. The minimum atomic E-state index is -3.62. The molecule has 0 aliphatic heterocycles. The summed E-state index contributed by atoms with van der Waals surface area (Å²) in [6, 6.07) is 16.5. The van der Waals surface area contributed by atoms with E-state index in [-0.39, 0.29) is 17.1 Å². The Morgan fingerprint density at radius 1 is 1.12 bits per heavy atom. The lowest BCUT2D eigenvalue weighted by atomic mass is 10.2. The molecule has 3 rings (SSSR count). The number of hydrogen-bond acceptors (Lipinski definition) is 4. The summed E-state index contributed by atoms with van der Waals surface area (Å²) in [5.41, 5.74) is 1.86. The van der Waals surface area contributed by atoms with Gasteiger partial charge in [0.1, 0.15) is 0 Å². The fourth-order valence-corrected chi connectivity index (χ4v) is 3.55. The molecule has 0 atom stereocenters. The molecule has 26 heavy (non-hydrogen) atoms. The Hall–Kier alpha value is -2.97. The van der Waals surface area contributed by atoms with Crippen molar-refractivity contribution in [1.82, 2.24) is 14.5 Å². The van der Waals surface area contributed by atoms with Gasteiger partial charge in [0.2, 0.25) is 10.0 Å². The molecule has 0 saturated heterocycles. The van der Waals surface area contributed by atoms with Crippen LogP contribution in [-0.4, -0.2) is 29.3 Å². The zero-order valence-electron chi connectivity index (χ0n) is 14.0. The third kappa shape index (κ3) is 3.81. The second-order valence-electron chi connectivity index (χ2n) is 5.70. The highest BCUT2D eigenvalue weighted by Crippen LogP contribution is 2.15. The van der Waals surface area contributed by atoms with Gasteiger partial charge in [0.15, 0.2) is 5.69 Å². The largest absolute Gasteiger partial charge is 0.477 e. The van der Waals surface area contributed by atoms with Crippen molar-refractivity contribution in [1.29, 1.82) is 0 Å². The van der Waals surface area contributed by atoms with Crippen LogP contribution in [0.2, 0.25) is 0 Å². The number of nitrogens with zero attached hydrogens (tertiary/aromatic N) is 2. The van der Waals surface area contributed by atoms with E-state index in [1.807, 2.05) is 0 Å². The van der Waals surface area contributed by atoms with Crippen LogP contribution >= 0.6 is 0 Å². The van der Waals surface area contributed by atoms with E-state index in [9.17, 15) is 18.3 Å². The Balaban J connectivity index is 1.84. The summed E-state index contributed by atoms with van der Waals surface area (Å²) in [5.74, 6) is -1.08. The zero-order valence-corrected chi connectivity index (χ0v) is 14.8. The molecule has 0 fully saturated rings. The van der Waals surface area contributed by atoms with E-state index in [4.69, 9.17) is 0 Å². The van der Waals surface area contributed by atoms with Crippen molar-refractivity contribution in [2.45, 2.75) is 18.4 Å². The second-order valence-corrected chi connectivity index (χ2v) is 7.46. The van der Waals surface area contributed by atoms with Crippen LogP contribution in [-0.2, 0) is 16.6 Å². The first-order chi connectivity index (χ1) is 12.4. The van der Waals surface area contributed by atoms with Gasteiger partial charge in [-0.3, -0.25) is 0 Å². The molecule has 0 saturated carbocycles. The molecular formula is C18H17N3O4S. The van der Waals surface area contributed by atoms with E-state index in [0.717, 1.165) is 0 Å². The summed E-state index contributed by atoms with van der Waals surface area (Å²) in [5, 5.41) is 13.5. The summed E-state index contributed by atoms with van der Waals surface area (Å²) in [7, 11) is -3.62. The molecule has 0 aliphatic carbocycles. The minimum absolute atomic E-state index is 0.0458. The number of aromatic nitrogens is 2. The van der Waals surface area contributed by atoms with Gasteiger partial charge in [0, 0.05) is 6.54 Å². The zero-order chi connectivity index (χ0) is 18.7. The summed E-state index contributed by atoms with van der Waals surface area (Å²) in [6.07, 6.45) is 0. The van der Waals surface area contributed by atoms with Gasteiger partial charge in [0.05, 0.1) is 16.3 Å². The molecule has 1 aromatic heterocycles. The topological polar surface area (TPSA) is 101 Å². The maximum atomic E-state index is 12.3. The molecule has 0 radical (unpaired) electrons. The van der Waals surface area contributed by atoms with Gasteiger partial charge in [-0.1, -0.05) is 30.3 Å². The number of aromatic carboxylic acids is 1. The van der Waals surface area contributed by atoms with E-state index in [0.29, 0.717) is 16.9 Å². The van der Waals surface area contributed by atoms with Crippen molar-refractivity contribution >= 4 is 16.0 Å². The number of sulfonamides is 1. The van der Waals surface area contributed by atoms with Crippen LogP contribution in [0.3, 0.4) is 0 Å². The normalized spacial score (nSPS) is 11.4. The first-order valence-electron chi connectivity index (χ1n) is 7.81. The Labute approximate surface area is 151 Å². The molecule has 0 unspecified atom stereocenters. The van der Waals surface area contributed by atoms with Crippen LogP contribution in [0, 0.1) is 6.92 Å². The number of carbonyl (C=O) groups is 1. The average Bonchev–Trinajstić information content (AvgIpc) is 3.03. The molecule has 1 heterocycles. The van der Waals surface area contributed by atoms with Gasteiger partial charge in [-0.15, -0.1) is 0 Å². The lowest BCUT2D eigenvalue weighted by Gasteiger charge is -2.09. The number of carboxylic acids is 1. The molecule has 2 aromatic carbocycles. The smallest absolute Gasteiger partial charge is 0.354 e. The maximum absolute atomic E-state index is 12.3. The highest BCUT2D eigenvalue weighted by Gasteiger charge is 2.15. The fourth-order valence-electron chi connectivity index (χ4n) is 2.51. The molecule has 0 aliphatic rings. The molecule has 7 nitrogen and oxygen atoms in total. The summed E-state index contributed by atoms with van der Waals surface area (Å²) in [4.78, 5) is 11.5.